The topological polar surface area (TPSA) is 70.0 Å². The Balaban J connectivity index is 4.13. The van der Waals surface area contributed by atoms with E-state index in [1.165, 1.54) is 0 Å². The second kappa shape index (κ2) is 5.12. The lowest BCUT2D eigenvalue weighted by molar-refractivity contribution is 0.544. The molecule has 70 valence electrons. The van der Waals surface area contributed by atoms with Gasteiger partial charge in [-0.2, -0.15) is 5.26 Å². The summed E-state index contributed by atoms with van der Waals surface area (Å²) in [7, 11) is -3.15. The first kappa shape index (κ1) is 11.4. The van der Waals surface area contributed by atoms with Crippen molar-refractivity contribution >= 4 is 10.0 Å². The van der Waals surface area contributed by atoms with Gasteiger partial charge in [-0.15, -0.1) is 0 Å². The van der Waals surface area contributed by atoms with E-state index in [0.29, 0.717) is 6.42 Å². The molecule has 0 aliphatic heterocycles. The highest BCUT2D eigenvalue weighted by molar-refractivity contribution is 7.89. The van der Waals surface area contributed by atoms with Gasteiger partial charge in [0.25, 0.3) is 0 Å². The maximum Gasteiger partial charge on any atom is 0.211 e. The summed E-state index contributed by atoms with van der Waals surface area (Å²) in [4.78, 5) is 0. The van der Waals surface area contributed by atoms with Crippen LogP contribution in [-0.4, -0.2) is 20.2 Å². The lowest BCUT2D eigenvalue weighted by Crippen LogP contribution is -2.35. The number of nitriles is 1. The van der Waals surface area contributed by atoms with Crippen LogP contribution < -0.4 is 4.72 Å². The fraction of sp³-hybridized carbons (Fsp3) is 0.857. The monoisotopic (exact) mass is 190 g/mol. The van der Waals surface area contributed by atoms with Crippen molar-refractivity contribution < 1.29 is 8.42 Å². The number of nitrogens with zero attached hydrogens (tertiary/aromatic N) is 1. The van der Waals surface area contributed by atoms with Gasteiger partial charge in [0, 0.05) is 6.04 Å². The van der Waals surface area contributed by atoms with Crippen molar-refractivity contribution in [1.29, 1.82) is 5.26 Å². The highest BCUT2D eigenvalue weighted by Gasteiger charge is 2.13. The van der Waals surface area contributed by atoms with Crippen LogP contribution in [0, 0.1) is 11.3 Å². The second-order valence-corrected chi connectivity index (χ2v) is 4.53. The van der Waals surface area contributed by atoms with Gasteiger partial charge in [-0.05, 0) is 13.3 Å². The molecule has 12 heavy (non-hydrogen) atoms. The Kier molecular flexibility index (Phi) is 4.86. The lowest BCUT2D eigenvalue weighted by atomic mass is 10.2. The van der Waals surface area contributed by atoms with Crippen LogP contribution >= 0.6 is 0 Å². The molecule has 0 bridgehead atoms. The van der Waals surface area contributed by atoms with Crippen LogP contribution in [0.25, 0.3) is 0 Å². The molecule has 0 aliphatic carbocycles. The van der Waals surface area contributed by atoms with Crippen LogP contribution in [0.4, 0.5) is 0 Å². The fourth-order valence-corrected chi connectivity index (χ4v) is 1.64. The van der Waals surface area contributed by atoms with Crippen LogP contribution in [0.15, 0.2) is 0 Å². The van der Waals surface area contributed by atoms with Crippen molar-refractivity contribution in [1.82, 2.24) is 4.72 Å². The standard InChI is InChI=1S/C7H14N2O2S/c1-3-7(5-6-8)9-12(10,11)4-2/h7,9H,3-5H2,1-2H3. The molecule has 0 rings (SSSR count). The van der Waals surface area contributed by atoms with E-state index in [2.05, 4.69) is 4.72 Å². The first-order valence-corrected chi connectivity index (χ1v) is 5.57. The van der Waals surface area contributed by atoms with E-state index in [-0.39, 0.29) is 18.2 Å². The van der Waals surface area contributed by atoms with Crippen molar-refractivity contribution in [2.75, 3.05) is 5.75 Å². The zero-order valence-corrected chi connectivity index (χ0v) is 8.19. The van der Waals surface area contributed by atoms with Gasteiger partial charge >= 0.3 is 0 Å². The van der Waals surface area contributed by atoms with Gasteiger partial charge in [-0.25, -0.2) is 13.1 Å². The molecule has 0 aliphatic rings. The summed E-state index contributed by atoms with van der Waals surface area (Å²) in [6, 6.07) is 1.70. The summed E-state index contributed by atoms with van der Waals surface area (Å²) < 4.78 is 24.5. The smallest absolute Gasteiger partial charge is 0.211 e. The van der Waals surface area contributed by atoms with Crippen molar-refractivity contribution in [2.45, 2.75) is 32.7 Å². The number of rotatable bonds is 5. The molecule has 0 fully saturated rings. The van der Waals surface area contributed by atoms with E-state index in [9.17, 15) is 8.42 Å². The van der Waals surface area contributed by atoms with Gasteiger partial charge in [-0.3, -0.25) is 0 Å². The molecule has 1 unspecified atom stereocenters. The zero-order chi connectivity index (χ0) is 9.61. The van der Waals surface area contributed by atoms with Gasteiger partial charge in [0.2, 0.25) is 10.0 Å². The molecular weight excluding hydrogens is 176 g/mol. The largest absolute Gasteiger partial charge is 0.212 e. The van der Waals surface area contributed by atoms with Crippen LogP contribution in [0.2, 0.25) is 0 Å². The maximum absolute atomic E-state index is 11.0. The van der Waals surface area contributed by atoms with E-state index in [1.54, 1.807) is 6.92 Å². The third-order valence-corrected chi connectivity index (χ3v) is 3.01. The molecule has 0 saturated heterocycles. The summed E-state index contributed by atoms with van der Waals surface area (Å²) in [5, 5.41) is 8.35. The quantitative estimate of drug-likeness (QED) is 0.690. The minimum atomic E-state index is -3.15. The molecule has 1 atom stereocenters. The van der Waals surface area contributed by atoms with E-state index >= 15 is 0 Å². The Bertz CT molecular complexity index is 253. The predicted molar refractivity (Wildman–Crippen MR) is 46.9 cm³/mol. The Morgan fingerprint density at radius 2 is 2.08 bits per heavy atom. The molecule has 0 aromatic heterocycles. The fourth-order valence-electron chi connectivity index (χ4n) is 0.717. The van der Waals surface area contributed by atoms with Crippen molar-refractivity contribution in [3.63, 3.8) is 0 Å². The third kappa shape index (κ3) is 4.31. The number of hydrogen-bond acceptors (Lipinski definition) is 3. The maximum atomic E-state index is 11.0. The van der Waals surface area contributed by atoms with E-state index in [1.807, 2.05) is 13.0 Å². The number of hydrogen-bond donors (Lipinski definition) is 1. The first-order valence-electron chi connectivity index (χ1n) is 3.92. The highest BCUT2D eigenvalue weighted by Crippen LogP contribution is 1.98. The molecule has 1 N–H and O–H groups in total. The number of sulfonamides is 1. The Morgan fingerprint density at radius 3 is 2.42 bits per heavy atom. The summed E-state index contributed by atoms with van der Waals surface area (Å²) in [6.07, 6.45) is 0.878. The molecule has 0 heterocycles. The molecular formula is C7H14N2O2S. The van der Waals surface area contributed by atoms with E-state index in [4.69, 9.17) is 5.26 Å². The molecule has 0 amide bonds. The molecule has 0 spiro atoms. The molecule has 4 nitrogen and oxygen atoms in total. The molecule has 0 radical (unpaired) electrons. The Hall–Kier alpha value is -0.600. The van der Waals surface area contributed by atoms with E-state index in [0.717, 1.165) is 0 Å². The molecule has 0 aromatic carbocycles. The molecule has 0 saturated carbocycles. The summed E-state index contributed by atoms with van der Waals surface area (Å²) in [5.74, 6) is 0.0644. The minimum Gasteiger partial charge on any atom is -0.212 e. The first-order chi connectivity index (χ1) is 5.55. The molecule has 5 heteroatoms. The van der Waals surface area contributed by atoms with Crippen LogP contribution in [0.5, 0.6) is 0 Å². The predicted octanol–water partition coefficient (Wildman–Crippen LogP) is 0.618. The van der Waals surface area contributed by atoms with Crippen molar-refractivity contribution in [3.8, 4) is 6.07 Å². The van der Waals surface area contributed by atoms with Crippen molar-refractivity contribution in [3.05, 3.63) is 0 Å². The van der Waals surface area contributed by atoms with Gasteiger partial charge in [-0.1, -0.05) is 6.92 Å². The summed E-state index contributed by atoms with van der Waals surface area (Å²) >= 11 is 0. The third-order valence-electron chi connectivity index (χ3n) is 1.56. The van der Waals surface area contributed by atoms with Gasteiger partial charge in [0.05, 0.1) is 18.2 Å². The van der Waals surface area contributed by atoms with E-state index < -0.39 is 10.0 Å². The SMILES string of the molecule is CCC(CC#N)NS(=O)(=O)CC. The number of nitrogens with one attached hydrogen (secondary N) is 1. The van der Waals surface area contributed by atoms with Crippen LogP contribution in [0.3, 0.4) is 0 Å². The zero-order valence-electron chi connectivity index (χ0n) is 7.37. The average molecular weight is 190 g/mol. The summed E-state index contributed by atoms with van der Waals surface area (Å²) in [5.41, 5.74) is 0. The van der Waals surface area contributed by atoms with Gasteiger partial charge < -0.3 is 0 Å². The van der Waals surface area contributed by atoms with Crippen molar-refractivity contribution in [2.24, 2.45) is 0 Å². The minimum absolute atomic E-state index is 0.0644. The highest BCUT2D eigenvalue weighted by atomic mass is 32.2. The van der Waals surface area contributed by atoms with Gasteiger partial charge in [0.15, 0.2) is 0 Å². The van der Waals surface area contributed by atoms with Crippen LogP contribution in [0.1, 0.15) is 26.7 Å². The Morgan fingerprint density at radius 1 is 1.50 bits per heavy atom. The normalized spacial score (nSPS) is 13.8. The lowest BCUT2D eigenvalue weighted by Gasteiger charge is -2.12. The summed E-state index contributed by atoms with van der Waals surface area (Å²) in [6.45, 7) is 3.42. The average Bonchev–Trinajstić information content (AvgIpc) is 2.03. The van der Waals surface area contributed by atoms with Crippen LogP contribution in [-0.2, 0) is 10.0 Å². The second-order valence-electron chi connectivity index (χ2n) is 2.49. The van der Waals surface area contributed by atoms with Gasteiger partial charge in [0.1, 0.15) is 0 Å². The Labute approximate surface area is 73.6 Å². The molecule has 0 aromatic rings.